The van der Waals surface area contributed by atoms with E-state index in [0.29, 0.717) is 6.61 Å². The van der Waals surface area contributed by atoms with Crippen LogP contribution in [0.15, 0.2) is 60.8 Å². The second-order valence-corrected chi connectivity index (χ2v) is 8.06. The molecule has 5 rings (SSSR count). The predicted octanol–water partition coefficient (Wildman–Crippen LogP) is 4.76. The first-order valence-electron chi connectivity index (χ1n) is 9.62. The maximum atomic E-state index is 6.08. The lowest BCUT2D eigenvalue weighted by molar-refractivity contribution is 0.215. The molecule has 0 saturated carbocycles. The molecule has 0 N–H and O–H groups in total. The second-order valence-electron chi connectivity index (χ2n) is 7.03. The third-order valence-corrected chi connectivity index (χ3v) is 6.14. The number of rotatable bonds is 4. The highest BCUT2D eigenvalue weighted by Gasteiger charge is 2.21. The van der Waals surface area contributed by atoms with Crippen LogP contribution in [0.5, 0.6) is 11.5 Å². The van der Waals surface area contributed by atoms with Crippen LogP contribution in [-0.4, -0.2) is 35.1 Å². The Balaban J connectivity index is 1.51. The molecule has 0 bridgehead atoms. The molecule has 146 valence electrons. The molecule has 1 aliphatic rings. The van der Waals surface area contributed by atoms with E-state index >= 15 is 0 Å². The Morgan fingerprint density at radius 3 is 2.86 bits per heavy atom. The van der Waals surface area contributed by atoms with E-state index in [1.54, 1.807) is 18.4 Å². The fraction of sp³-hybridized carbons (Fsp3) is 0.217. The molecule has 2 aromatic heterocycles. The molecule has 6 heteroatoms. The highest BCUT2D eigenvalue weighted by atomic mass is 32.1. The van der Waals surface area contributed by atoms with Crippen LogP contribution < -0.4 is 9.47 Å². The molecule has 4 aromatic rings. The normalized spacial score (nSPS) is 14.2. The molecule has 0 atom stereocenters. The van der Waals surface area contributed by atoms with E-state index in [2.05, 4.69) is 28.1 Å². The number of hydrogen-bond acceptors (Lipinski definition) is 6. The molecule has 0 fully saturated rings. The Morgan fingerprint density at radius 2 is 2.03 bits per heavy atom. The first-order valence-corrected chi connectivity index (χ1v) is 10.4. The van der Waals surface area contributed by atoms with E-state index in [4.69, 9.17) is 14.5 Å². The number of pyridine rings is 1. The lowest BCUT2D eigenvalue weighted by Crippen LogP contribution is -2.25. The molecule has 2 aromatic carbocycles. The van der Waals surface area contributed by atoms with Crippen molar-refractivity contribution >= 4 is 21.6 Å². The molecule has 5 nitrogen and oxygen atoms in total. The van der Waals surface area contributed by atoms with E-state index in [-0.39, 0.29) is 0 Å². The third kappa shape index (κ3) is 3.69. The topological polar surface area (TPSA) is 47.5 Å². The van der Waals surface area contributed by atoms with Crippen molar-refractivity contribution in [1.82, 2.24) is 14.9 Å². The summed E-state index contributed by atoms with van der Waals surface area (Å²) in [4.78, 5) is 11.6. The van der Waals surface area contributed by atoms with Gasteiger partial charge in [0.25, 0.3) is 0 Å². The van der Waals surface area contributed by atoms with Crippen molar-refractivity contribution in [2.75, 3.05) is 20.3 Å². The average Bonchev–Trinajstić information content (AvgIpc) is 3.09. The predicted molar refractivity (Wildman–Crippen MR) is 115 cm³/mol. The van der Waals surface area contributed by atoms with Gasteiger partial charge in [0.05, 0.1) is 23.0 Å². The van der Waals surface area contributed by atoms with E-state index in [1.807, 2.05) is 42.6 Å². The van der Waals surface area contributed by atoms with Gasteiger partial charge in [-0.2, -0.15) is 0 Å². The first-order chi connectivity index (χ1) is 14.3. The van der Waals surface area contributed by atoms with E-state index in [0.717, 1.165) is 58.5 Å². The van der Waals surface area contributed by atoms with Gasteiger partial charge in [0.1, 0.15) is 11.6 Å². The summed E-state index contributed by atoms with van der Waals surface area (Å²) in [6.07, 6.45) is 1.84. The summed E-state index contributed by atoms with van der Waals surface area (Å²) in [6.45, 7) is 3.03. The van der Waals surface area contributed by atoms with E-state index in [9.17, 15) is 0 Å². The molecule has 0 aliphatic carbocycles. The van der Waals surface area contributed by atoms with Gasteiger partial charge in [0, 0.05) is 37.0 Å². The Kier molecular flexibility index (Phi) is 4.87. The maximum Gasteiger partial charge on any atom is 0.165 e. The highest BCUT2D eigenvalue weighted by Crippen LogP contribution is 2.40. The van der Waals surface area contributed by atoms with Crippen LogP contribution in [0, 0.1) is 0 Å². The smallest absolute Gasteiger partial charge is 0.165 e. The number of thiazole rings is 1. The first kappa shape index (κ1) is 18.1. The van der Waals surface area contributed by atoms with Gasteiger partial charge in [-0.1, -0.05) is 18.2 Å². The zero-order valence-electron chi connectivity index (χ0n) is 16.2. The summed E-state index contributed by atoms with van der Waals surface area (Å²) in [6, 6.07) is 18.5. The van der Waals surface area contributed by atoms with Crippen LogP contribution in [0.1, 0.15) is 11.3 Å². The fourth-order valence-corrected chi connectivity index (χ4v) is 4.62. The zero-order valence-corrected chi connectivity index (χ0v) is 17.0. The molecular weight excluding hydrogens is 382 g/mol. The minimum absolute atomic E-state index is 0.622. The molecule has 1 aliphatic heterocycles. The van der Waals surface area contributed by atoms with Gasteiger partial charge < -0.3 is 9.47 Å². The standard InChI is InChI=1S/C23H21N3O2S/c1-27-20-13-16(23-25-19-7-2-3-8-21(19)29-23)12-17-14-26(10-11-28-22(17)20)15-18-6-4-5-9-24-18/h2-9,12-13H,10-11,14-15H2,1H3. The van der Waals surface area contributed by atoms with Crippen LogP contribution in [0.25, 0.3) is 20.8 Å². The molecular formula is C23H21N3O2S. The molecule has 29 heavy (non-hydrogen) atoms. The molecule has 3 heterocycles. The number of ether oxygens (including phenoxy) is 2. The number of hydrogen-bond donors (Lipinski definition) is 0. The Hall–Kier alpha value is -2.96. The lowest BCUT2D eigenvalue weighted by atomic mass is 10.1. The summed E-state index contributed by atoms with van der Waals surface area (Å²) in [7, 11) is 1.69. The lowest BCUT2D eigenvalue weighted by Gasteiger charge is -2.19. The number of fused-ring (bicyclic) bond motifs is 2. The van der Waals surface area contributed by atoms with Crippen molar-refractivity contribution in [2.45, 2.75) is 13.1 Å². The number of methoxy groups -OCH3 is 1. The van der Waals surface area contributed by atoms with Crippen molar-refractivity contribution in [2.24, 2.45) is 0 Å². The Bertz CT molecular complexity index is 1110. The van der Waals surface area contributed by atoms with Crippen LogP contribution in [0.4, 0.5) is 0 Å². The van der Waals surface area contributed by atoms with Crippen molar-refractivity contribution in [3.8, 4) is 22.1 Å². The Morgan fingerprint density at radius 1 is 1.14 bits per heavy atom. The summed E-state index contributed by atoms with van der Waals surface area (Å²) in [5.74, 6) is 1.59. The van der Waals surface area contributed by atoms with Gasteiger partial charge in [-0.25, -0.2) is 4.98 Å². The molecule has 0 unspecified atom stereocenters. The van der Waals surface area contributed by atoms with Gasteiger partial charge in [0.2, 0.25) is 0 Å². The van der Waals surface area contributed by atoms with Gasteiger partial charge in [0.15, 0.2) is 11.5 Å². The largest absolute Gasteiger partial charge is 0.493 e. The van der Waals surface area contributed by atoms with Gasteiger partial charge >= 0.3 is 0 Å². The van der Waals surface area contributed by atoms with E-state index in [1.165, 1.54) is 4.70 Å². The number of aromatic nitrogens is 2. The van der Waals surface area contributed by atoms with Crippen molar-refractivity contribution in [3.63, 3.8) is 0 Å². The molecule has 0 spiro atoms. The van der Waals surface area contributed by atoms with Crippen LogP contribution in [-0.2, 0) is 13.1 Å². The van der Waals surface area contributed by atoms with Gasteiger partial charge in [-0.3, -0.25) is 9.88 Å². The van der Waals surface area contributed by atoms with Crippen LogP contribution >= 0.6 is 11.3 Å². The fourth-order valence-electron chi connectivity index (χ4n) is 3.66. The number of para-hydroxylation sites is 1. The summed E-state index contributed by atoms with van der Waals surface area (Å²) >= 11 is 1.70. The van der Waals surface area contributed by atoms with Crippen LogP contribution in [0.3, 0.4) is 0 Å². The maximum absolute atomic E-state index is 6.08. The van der Waals surface area contributed by atoms with E-state index < -0.39 is 0 Å². The average molecular weight is 404 g/mol. The minimum Gasteiger partial charge on any atom is -0.493 e. The zero-order chi connectivity index (χ0) is 19.6. The quantitative estimate of drug-likeness (QED) is 0.492. The summed E-state index contributed by atoms with van der Waals surface area (Å²) in [5, 5.41) is 0.993. The minimum atomic E-state index is 0.622. The van der Waals surface area contributed by atoms with Crippen molar-refractivity contribution in [3.05, 3.63) is 72.1 Å². The van der Waals surface area contributed by atoms with Crippen LogP contribution in [0.2, 0.25) is 0 Å². The molecule has 0 saturated heterocycles. The summed E-state index contributed by atoms with van der Waals surface area (Å²) < 4.78 is 12.9. The van der Waals surface area contributed by atoms with Gasteiger partial charge in [-0.15, -0.1) is 11.3 Å². The van der Waals surface area contributed by atoms with Gasteiger partial charge in [-0.05, 0) is 36.4 Å². The number of nitrogens with zero attached hydrogens (tertiary/aromatic N) is 3. The molecule has 0 radical (unpaired) electrons. The third-order valence-electron chi connectivity index (χ3n) is 5.05. The SMILES string of the molecule is COc1cc(-c2nc3ccccc3s2)cc2c1OCCN(Cc1ccccn1)C2. The Labute approximate surface area is 173 Å². The van der Waals surface area contributed by atoms with Crippen molar-refractivity contribution < 1.29 is 9.47 Å². The number of benzene rings is 2. The summed E-state index contributed by atoms with van der Waals surface area (Å²) in [5.41, 5.74) is 4.26. The second kappa shape index (κ2) is 7.81. The monoisotopic (exact) mass is 403 g/mol. The molecule has 0 amide bonds. The van der Waals surface area contributed by atoms with Crippen molar-refractivity contribution in [1.29, 1.82) is 0 Å². The highest BCUT2D eigenvalue weighted by molar-refractivity contribution is 7.21.